The van der Waals surface area contributed by atoms with Gasteiger partial charge in [-0.2, -0.15) is 0 Å². The van der Waals surface area contributed by atoms with Gasteiger partial charge in [0.05, 0.1) is 13.3 Å². The number of ether oxygens (including phenoxy) is 1. The van der Waals surface area contributed by atoms with E-state index in [0.717, 1.165) is 11.3 Å². The number of nitrogens with two attached hydrogens (primary N) is 1. The molecule has 0 aromatic heterocycles. The maximum Gasteiger partial charge on any atom is 0.124 e. The van der Waals surface area contributed by atoms with Gasteiger partial charge in [0.15, 0.2) is 0 Å². The highest BCUT2D eigenvalue weighted by Crippen LogP contribution is 2.20. The summed E-state index contributed by atoms with van der Waals surface area (Å²) in [6.07, 6.45) is 0.425. The van der Waals surface area contributed by atoms with E-state index in [1.165, 1.54) is 0 Å². The van der Waals surface area contributed by atoms with Crippen molar-refractivity contribution in [3.63, 3.8) is 0 Å². The second kappa shape index (κ2) is 4.70. The summed E-state index contributed by atoms with van der Waals surface area (Å²) in [5.74, 6) is 0.744. The van der Waals surface area contributed by atoms with Gasteiger partial charge in [0.1, 0.15) is 5.75 Å². The molecule has 0 bridgehead atoms. The van der Waals surface area contributed by atoms with Gasteiger partial charge in [-0.15, -0.1) is 0 Å². The fourth-order valence-electron chi connectivity index (χ4n) is 1.01. The Kier molecular flexibility index (Phi) is 3.55. The summed E-state index contributed by atoms with van der Waals surface area (Å²) in [5, 5.41) is 0. The zero-order valence-electron chi connectivity index (χ0n) is 7.72. The first-order chi connectivity index (χ1) is 6.24. The van der Waals surface area contributed by atoms with Crippen molar-refractivity contribution in [2.45, 2.75) is 13.3 Å². The van der Waals surface area contributed by atoms with Crippen molar-refractivity contribution in [3.05, 3.63) is 23.8 Å². The third kappa shape index (κ3) is 2.93. The Balaban J connectivity index is 2.59. The van der Waals surface area contributed by atoms with Crippen molar-refractivity contribution < 1.29 is 9.13 Å². The first-order valence-electron chi connectivity index (χ1n) is 4.29. The van der Waals surface area contributed by atoms with Crippen molar-refractivity contribution in [2.75, 3.05) is 19.0 Å². The summed E-state index contributed by atoms with van der Waals surface area (Å²) in [5.41, 5.74) is 7.27. The van der Waals surface area contributed by atoms with E-state index in [4.69, 9.17) is 10.5 Å². The Labute approximate surface area is 77.5 Å². The van der Waals surface area contributed by atoms with E-state index in [1.54, 1.807) is 6.07 Å². The lowest BCUT2D eigenvalue weighted by Gasteiger charge is -2.08. The van der Waals surface area contributed by atoms with Gasteiger partial charge in [0.2, 0.25) is 0 Å². The van der Waals surface area contributed by atoms with Crippen LogP contribution in [0, 0.1) is 6.92 Å². The van der Waals surface area contributed by atoms with Crippen LogP contribution in [0.1, 0.15) is 12.0 Å². The molecule has 0 aliphatic carbocycles. The average Bonchev–Trinajstić information content (AvgIpc) is 2.11. The van der Waals surface area contributed by atoms with Gasteiger partial charge in [-0.3, -0.25) is 4.39 Å². The first kappa shape index (κ1) is 9.84. The van der Waals surface area contributed by atoms with Crippen molar-refractivity contribution in [1.29, 1.82) is 0 Å². The zero-order chi connectivity index (χ0) is 9.68. The van der Waals surface area contributed by atoms with Crippen LogP contribution in [0.25, 0.3) is 0 Å². The highest BCUT2D eigenvalue weighted by molar-refractivity contribution is 5.47. The van der Waals surface area contributed by atoms with Gasteiger partial charge >= 0.3 is 0 Å². The van der Waals surface area contributed by atoms with Gasteiger partial charge in [-0.05, 0) is 18.6 Å². The fourth-order valence-corrected chi connectivity index (χ4v) is 1.01. The molecule has 0 spiro atoms. The third-order valence-electron chi connectivity index (χ3n) is 1.75. The molecular weight excluding hydrogens is 169 g/mol. The van der Waals surface area contributed by atoms with Crippen LogP contribution in [0.5, 0.6) is 5.75 Å². The molecule has 2 N–H and O–H groups in total. The summed E-state index contributed by atoms with van der Waals surface area (Å²) < 4.78 is 17.1. The predicted molar refractivity (Wildman–Crippen MR) is 51.7 cm³/mol. The van der Waals surface area contributed by atoms with Gasteiger partial charge in [-0.1, -0.05) is 6.07 Å². The van der Waals surface area contributed by atoms with Gasteiger partial charge < -0.3 is 10.5 Å². The number of hydrogen-bond donors (Lipinski definition) is 1. The van der Waals surface area contributed by atoms with Gasteiger partial charge in [0, 0.05) is 18.2 Å². The number of benzene rings is 1. The summed E-state index contributed by atoms with van der Waals surface area (Å²) in [6, 6.07) is 5.46. The van der Waals surface area contributed by atoms with E-state index in [9.17, 15) is 4.39 Å². The maximum atomic E-state index is 11.8. The largest absolute Gasteiger partial charge is 0.493 e. The lowest BCUT2D eigenvalue weighted by Crippen LogP contribution is -2.00. The molecule has 1 aromatic carbocycles. The van der Waals surface area contributed by atoms with Crippen LogP contribution >= 0.6 is 0 Å². The summed E-state index contributed by atoms with van der Waals surface area (Å²) in [4.78, 5) is 0. The Morgan fingerprint density at radius 1 is 1.46 bits per heavy atom. The molecule has 0 amide bonds. The molecule has 2 nitrogen and oxygen atoms in total. The molecule has 0 saturated carbocycles. The van der Waals surface area contributed by atoms with Crippen LogP contribution in [0.4, 0.5) is 10.1 Å². The second-order valence-electron chi connectivity index (χ2n) is 2.92. The summed E-state index contributed by atoms with van der Waals surface area (Å²) >= 11 is 0. The second-order valence-corrected chi connectivity index (χ2v) is 2.92. The number of halogens is 1. The van der Waals surface area contributed by atoms with Gasteiger partial charge in [-0.25, -0.2) is 0 Å². The van der Waals surface area contributed by atoms with Crippen LogP contribution in [0.15, 0.2) is 18.2 Å². The molecule has 0 saturated heterocycles. The minimum atomic E-state index is -0.346. The highest BCUT2D eigenvalue weighted by atomic mass is 19.1. The predicted octanol–water partition coefficient (Wildman–Crippen LogP) is 2.32. The number of aryl methyl sites for hydroxylation is 1. The minimum Gasteiger partial charge on any atom is -0.493 e. The number of hydrogen-bond acceptors (Lipinski definition) is 2. The molecule has 0 fully saturated rings. The number of rotatable bonds is 4. The molecule has 3 heteroatoms. The summed E-state index contributed by atoms with van der Waals surface area (Å²) in [6.45, 7) is 1.99. The molecule has 0 radical (unpaired) electrons. The first-order valence-corrected chi connectivity index (χ1v) is 4.29. The maximum absolute atomic E-state index is 11.8. The third-order valence-corrected chi connectivity index (χ3v) is 1.75. The Morgan fingerprint density at radius 3 is 2.92 bits per heavy atom. The molecule has 0 aliphatic rings. The minimum absolute atomic E-state index is 0.346. The Morgan fingerprint density at radius 2 is 2.23 bits per heavy atom. The molecular formula is C10H14FNO. The van der Waals surface area contributed by atoms with E-state index in [0.29, 0.717) is 18.7 Å². The van der Waals surface area contributed by atoms with Crippen molar-refractivity contribution >= 4 is 5.69 Å². The standard InChI is InChI=1S/C10H14FNO/c1-8-3-4-9(12)7-10(8)13-6-2-5-11/h3-4,7H,2,5-6,12H2,1H3. The Bertz CT molecular complexity index is 276. The highest BCUT2D eigenvalue weighted by Gasteiger charge is 1.99. The number of alkyl halides is 1. The molecule has 0 heterocycles. The van der Waals surface area contributed by atoms with Crippen LogP contribution in [0.2, 0.25) is 0 Å². The fraction of sp³-hybridized carbons (Fsp3) is 0.400. The van der Waals surface area contributed by atoms with E-state index in [1.807, 2.05) is 19.1 Å². The zero-order valence-corrected chi connectivity index (χ0v) is 7.72. The van der Waals surface area contributed by atoms with Crippen molar-refractivity contribution in [3.8, 4) is 5.75 Å². The molecule has 1 rings (SSSR count). The lowest BCUT2D eigenvalue weighted by atomic mass is 10.2. The number of anilines is 1. The topological polar surface area (TPSA) is 35.2 Å². The molecule has 1 aromatic rings. The SMILES string of the molecule is Cc1ccc(N)cc1OCCCF. The normalized spacial score (nSPS) is 10.0. The quantitative estimate of drug-likeness (QED) is 0.574. The lowest BCUT2D eigenvalue weighted by molar-refractivity contribution is 0.288. The van der Waals surface area contributed by atoms with E-state index in [2.05, 4.69) is 0 Å². The van der Waals surface area contributed by atoms with E-state index < -0.39 is 0 Å². The smallest absolute Gasteiger partial charge is 0.124 e. The monoisotopic (exact) mass is 183 g/mol. The van der Waals surface area contributed by atoms with Crippen LogP contribution < -0.4 is 10.5 Å². The molecule has 13 heavy (non-hydrogen) atoms. The molecule has 0 unspecified atom stereocenters. The Hall–Kier alpha value is -1.25. The van der Waals surface area contributed by atoms with E-state index >= 15 is 0 Å². The van der Waals surface area contributed by atoms with Crippen LogP contribution in [-0.4, -0.2) is 13.3 Å². The average molecular weight is 183 g/mol. The van der Waals surface area contributed by atoms with Crippen molar-refractivity contribution in [2.24, 2.45) is 0 Å². The summed E-state index contributed by atoms with van der Waals surface area (Å²) in [7, 11) is 0. The van der Waals surface area contributed by atoms with Crippen LogP contribution in [0.3, 0.4) is 0 Å². The van der Waals surface area contributed by atoms with Crippen molar-refractivity contribution in [1.82, 2.24) is 0 Å². The van der Waals surface area contributed by atoms with E-state index in [-0.39, 0.29) is 6.67 Å². The molecule has 0 aliphatic heterocycles. The van der Waals surface area contributed by atoms with Gasteiger partial charge in [0.25, 0.3) is 0 Å². The number of nitrogen functional groups attached to an aromatic ring is 1. The van der Waals surface area contributed by atoms with Crippen LogP contribution in [-0.2, 0) is 0 Å². The molecule has 0 atom stereocenters. The molecule has 72 valence electrons.